The second kappa shape index (κ2) is 8.92. The van der Waals surface area contributed by atoms with Crippen LogP contribution in [0.4, 0.5) is 27.7 Å². The fraction of sp³-hybridized carbons (Fsp3) is 0.368. The molecule has 0 spiro atoms. The number of benzene rings is 1. The van der Waals surface area contributed by atoms with Gasteiger partial charge in [0.25, 0.3) is 0 Å². The highest BCUT2D eigenvalue weighted by atomic mass is 16.5. The first-order valence-corrected chi connectivity index (χ1v) is 8.59. The Labute approximate surface area is 149 Å². The quantitative estimate of drug-likeness (QED) is 0.773. The van der Waals surface area contributed by atoms with Crippen molar-refractivity contribution >= 4 is 29.0 Å². The minimum Gasteiger partial charge on any atom is -0.450 e. The lowest BCUT2D eigenvalue weighted by Gasteiger charge is -2.22. The Morgan fingerprint density at radius 2 is 1.92 bits per heavy atom. The lowest BCUT2D eigenvalue weighted by atomic mass is 10.1. The summed E-state index contributed by atoms with van der Waals surface area (Å²) < 4.78 is 4.83. The minimum atomic E-state index is -0.501. The molecule has 0 saturated carbocycles. The van der Waals surface area contributed by atoms with Crippen LogP contribution in [-0.4, -0.2) is 30.8 Å². The molecule has 0 fully saturated rings. The van der Waals surface area contributed by atoms with E-state index in [9.17, 15) is 4.79 Å². The third kappa shape index (κ3) is 5.11. The van der Waals surface area contributed by atoms with Gasteiger partial charge >= 0.3 is 6.09 Å². The summed E-state index contributed by atoms with van der Waals surface area (Å²) in [5.74, 6) is 0.456. The predicted molar refractivity (Wildman–Crippen MR) is 103 cm³/mol. The molecule has 1 aromatic carbocycles. The number of carbonyl (C=O) groups is 1. The molecule has 0 bridgehead atoms. The molecule has 0 aliphatic heterocycles. The Balaban J connectivity index is 2.05. The Hall–Kier alpha value is -2.76. The molecule has 2 N–H and O–H groups in total. The molecular weight excluding hydrogens is 316 g/mol. The molecule has 0 atom stereocenters. The van der Waals surface area contributed by atoms with Crippen molar-refractivity contribution in [2.45, 2.75) is 27.7 Å². The van der Waals surface area contributed by atoms with Gasteiger partial charge in [0.15, 0.2) is 0 Å². The van der Waals surface area contributed by atoms with Crippen molar-refractivity contribution in [3.63, 3.8) is 0 Å². The zero-order chi connectivity index (χ0) is 18.2. The molecule has 0 saturated heterocycles. The highest BCUT2D eigenvalue weighted by Crippen LogP contribution is 2.25. The van der Waals surface area contributed by atoms with E-state index in [0.29, 0.717) is 12.4 Å². The summed E-state index contributed by atoms with van der Waals surface area (Å²) in [5, 5.41) is 5.93. The van der Waals surface area contributed by atoms with Gasteiger partial charge in [-0.1, -0.05) is 0 Å². The number of nitrogens with zero attached hydrogens (tertiary/aromatic N) is 2. The van der Waals surface area contributed by atoms with E-state index in [2.05, 4.69) is 59.5 Å². The van der Waals surface area contributed by atoms with Crippen molar-refractivity contribution in [2.24, 2.45) is 0 Å². The van der Waals surface area contributed by atoms with E-state index >= 15 is 0 Å². The van der Waals surface area contributed by atoms with Gasteiger partial charge in [-0.25, -0.2) is 9.78 Å². The zero-order valence-electron chi connectivity index (χ0n) is 15.3. The van der Waals surface area contributed by atoms with Crippen molar-refractivity contribution < 1.29 is 9.53 Å². The van der Waals surface area contributed by atoms with Gasteiger partial charge in [0.05, 0.1) is 18.5 Å². The summed E-state index contributed by atoms with van der Waals surface area (Å²) >= 11 is 0. The van der Waals surface area contributed by atoms with Crippen LogP contribution < -0.4 is 15.5 Å². The van der Waals surface area contributed by atoms with Gasteiger partial charge in [-0.15, -0.1) is 0 Å². The van der Waals surface area contributed by atoms with Gasteiger partial charge in [0.1, 0.15) is 5.82 Å². The number of rotatable bonds is 7. The zero-order valence-corrected chi connectivity index (χ0v) is 15.3. The van der Waals surface area contributed by atoms with Crippen LogP contribution in [0, 0.1) is 6.92 Å². The fourth-order valence-corrected chi connectivity index (χ4v) is 2.54. The first-order valence-electron chi connectivity index (χ1n) is 8.59. The summed E-state index contributed by atoms with van der Waals surface area (Å²) in [7, 11) is 0. The minimum absolute atomic E-state index is 0.328. The standard InChI is InChI=1S/C19H26N4O2/c1-5-23(6-2)16-9-10-17(14(4)12-16)21-15-8-11-18(20-13-15)22-19(24)25-7-3/h8-13,21H,5-7H2,1-4H3,(H,20,22,24). The summed E-state index contributed by atoms with van der Waals surface area (Å²) in [6, 6.07) is 9.98. The molecule has 0 radical (unpaired) electrons. The Kier molecular flexibility index (Phi) is 6.62. The summed E-state index contributed by atoms with van der Waals surface area (Å²) in [4.78, 5) is 17.9. The Morgan fingerprint density at radius 1 is 1.16 bits per heavy atom. The van der Waals surface area contributed by atoms with E-state index in [1.165, 1.54) is 5.69 Å². The molecule has 6 heteroatoms. The molecule has 0 unspecified atom stereocenters. The highest BCUT2D eigenvalue weighted by Gasteiger charge is 2.06. The maximum atomic E-state index is 11.4. The number of aryl methyl sites for hydroxylation is 1. The van der Waals surface area contributed by atoms with Crippen LogP contribution in [0.3, 0.4) is 0 Å². The van der Waals surface area contributed by atoms with Gasteiger partial charge in [0.2, 0.25) is 0 Å². The van der Waals surface area contributed by atoms with Crippen LogP contribution >= 0.6 is 0 Å². The number of hydrogen-bond acceptors (Lipinski definition) is 5. The van der Waals surface area contributed by atoms with E-state index in [0.717, 1.165) is 30.0 Å². The second-order valence-corrected chi connectivity index (χ2v) is 5.57. The van der Waals surface area contributed by atoms with Gasteiger partial charge in [-0.2, -0.15) is 0 Å². The van der Waals surface area contributed by atoms with Gasteiger partial charge in [0, 0.05) is 24.5 Å². The van der Waals surface area contributed by atoms with Crippen LogP contribution in [0.1, 0.15) is 26.3 Å². The monoisotopic (exact) mass is 342 g/mol. The smallest absolute Gasteiger partial charge is 0.412 e. The predicted octanol–water partition coefficient (Wildman–Crippen LogP) is 4.55. The van der Waals surface area contributed by atoms with Crippen molar-refractivity contribution in [3.8, 4) is 0 Å². The Bertz CT molecular complexity index is 697. The maximum absolute atomic E-state index is 11.4. The van der Waals surface area contributed by atoms with Crippen LogP contribution in [0.15, 0.2) is 36.5 Å². The van der Waals surface area contributed by atoms with Gasteiger partial charge in [-0.3, -0.25) is 5.32 Å². The van der Waals surface area contributed by atoms with Crippen molar-refractivity contribution in [1.82, 2.24) is 4.98 Å². The van der Waals surface area contributed by atoms with Gasteiger partial charge in [-0.05, 0) is 63.6 Å². The molecule has 6 nitrogen and oxygen atoms in total. The number of pyridine rings is 1. The number of aromatic nitrogens is 1. The van der Waals surface area contributed by atoms with E-state index in [4.69, 9.17) is 4.74 Å². The topological polar surface area (TPSA) is 66.5 Å². The van der Waals surface area contributed by atoms with Crippen molar-refractivity contribution in [2.75, 3.05) is 35.2 Å². The van der Waals surface area contributed by atoms with E-state index in [1.807, 2.05) is 6.07 Å². The molecule has 2 aromatic rings. The average molecular weight is 342 g/mol. The summed E-state index contributed by atoms with van der Waals surface area (Å²) in [6.45, 7) is 10.5. The third-order valence-corrected chi connectivity index (χ3v) is 3.89. The van der Waals surface area contributed by atoms with Gasteiger partial charge < -0.3 is 15.0 Å². The third-order valence-electron chi connectivity index (χ3n) is 3.89. The summed E-state index contributed by atoms with van der Waals surface area (Å²) in [6.07, 6.45) is 1.18. The van der Waals surface area contributed by atoms with Crippen LogP contribution in [0.25, 0.3) is 0 Å². The number of anilines is 4. The molecule has 0 aliphatic carbocycles. The first kappa shape index (κ1) is 18.6. The van der Waals surface area contributed by atoms with Crippen LogP contribution in [0.5, 0.6) is 0 Å². The number of carbonyl (C=O) groups excluding carboxylic acids is 1. The highest BCUT2D eigenvalue weighted by molar-refractivity contribution is 5.83. The maximum Gasteiger partial charge on any atom is 0.412 e. The molecule has 1 aromatic heterocycles. The lowest BCUT2D eigenvalue weighted by molar-refractivity contribution is 0.168. The van der Waals surface area contributed by atoms with E-state index in [-0.39, 0.29) is 0 Å². The molecule has 0 aliphatic rings. The first-order chi connectivity index (χ1) is 12.1. The SMILES string of the molecule is CCOC(=O)Nc1ccc(Nc2ccc(N(CC)CC)cc2C)cn1. The molecule has 25 heavy (non-hydrogen) atoms. The van der Waals surface area contributed by atoms with Crippen LogP contribution in [-0.2, 0) is 4.74 Å². The fourth-order valence-electron chi connectivity index (χ4n) is 2.54. The van der Waals surface area contributed by atoms with Crippen LogP contribution in [0.2, 0.25) is 0 Å². The van der Waals surface area contributed by atoms with Crippen molar-refractivity contribution in [3.05, 3.63) is 42.1 Å². The molecular formula is C19H26N4O2. The normalized spacial score (nSPS) is 10.2. The number of nitrogens with one attached hydrogen (secondary N) is 2. The largest absolute Gasteiger partial charge is 0.450 e. The molecule has 2 rings (SSSR count). The molecule has 1 heterocycles. The van der Waals surface area contributed by atoms with E-state index in [1.54, 1.807) is 19.2 Å². The molecule has 134 valence electrons. The lowest BCUT2D eigenvalue weighted by Crippen LogP contribution is -2.21. The summed E-state index contributed by atoms with van der Waals surface area (Å²) in [5.41, 5.74) is 4.27. The second-order valence-electron chi connectivity index (χ2n) is 5.57. The number of amides is 1. The van der Waals surface area contributed by atoms with Crippen molar-refractivity contribution in [1.29, 1.82) is 0 Å². The Morgan fingerprint density at radius 3 is 2.48 bits per heavy atom. The number of hydrogen-bond donors (Lipinski definition) is 2. The average Bonchev–Trinajstić information content (AvgIpc) is 2.60. The van der Waals surface area contributed by atoms with E-state index < -0.39 is 6.09 Å². The number of ether oxygens (including phenoxy) is 1. The molecule has 1 amide bonds.